The van der Waals surface area contributed by atoms with Crippen LogP contribution in [0.3, 0.4) is 0 Å². The van der Waals surface area contributed by atoms with E-state index >= 15 is 0 Å². The van der Waals surface area contributed by atoms with Crippen LogP contribution in [0.15, 0.2) is 48.2 Å². The van der Waals surface area contributed by atoms with Gasteiger partial charge in [-0.1, -0.05) is 43.3 Å². The largest absolute Gasteiger partial charge is 0.384 e. The molecule has 0 radical (unpaired) electrons. The number of hydrogen-bond acceptors (Lipinski definition) is 1. The van der Waals surface area contributed by atoms with Crippen molar-refractivity contribution in [1.29, 1.82) is 0 Å². The fourth-order valence-corrected chi connectivity index (χ4v) is 1.62. The predicted octanol–water partition coefficient (Wildman–Crippen LogP) is 2.97. The molecule has 1 nitrogen and oxygen atoms in total. The van der Waals surface area contributed by atoms with Crippen molar-refractivity contribution in [2.45, 2.75) is 13.3 Å². The molecule has 2 rings (SSSR count). The standard InChI is InChI=1S/C13H15N/c1-2-13-9-8-12(10-14-13)11-6-4-3-5-7-11/h3-9,14H,2,10H2,1H3. The maximum atomic E-state index is 3.41. The van der Waals surface area contributed by atoms with Gasteiger partial charge in [0, 0.05) is 12.2 Å². The minimum atomic E-state index is 0.948. The minimum Gasteiger partial charge on any atom is -0.384 e. The zero-order valence-corrected chi connectivity index (χ0v) is 8.46. The van der Waals surface area contributed by atoms with Crippen LogP contribution >= 0.6 is 0 Å². The van der Waals surface area contributed by atoms with Gasteiger partial charge >= 0.3 is 0 Å². The number of nitrogens with one attached hydrogen (secondary N) is 1. The lowest BCUT2D eigenvalue weighted by Gasteiger charge is -2.16. The molecule has 1 heterocycles. The Hall–Kier alpha value is -1.50. The van der Waals surface area contributed by atoms with Gasteiger partial charge in [0.2, 0.25) is 0 Å². The summed E-state index contributed by atoms with van der Waals surface area (Å²) in [6.45, 7) is 3.11. The number of dihydropyridines is 1. The lowest BCUT2D eigenvalue weighted by molar-refractivity contribution is 0.841. The Morgan fingerprint density at radius 3 is 2.50 bits per heavy atom. The highest BCUT2D eigenvalue weighted by molar-refractivity contribution is 5.69. The first-order valence-corrected chi connectivity index (χ1v) is 5.09. The van der Waals surface area contributed by atoms with Gasteiger partial charge in [0.25, 0.3) is 0 Å². The van der Waals surface area contributed by atoms with Gasteiger partial charge in [0.15, 0.2) is 0 Å². The molecule has 1 aliphatic heterocycles. The molecule has 0 fully saturated rings. The van der Waals surface area contributed by atoms with Gasteiger partial charge in [0.1, 0.15) is 0 Å². The highest BCUT2D eigenvalue weighted by atomic mass is 14.9. The van der Waals surface area contributed by atoms with Gasteiger partial charge in [-0.3, -0.25) is 0 Å². The van der Waals surface area contributed by atoms with Gasteiger partial charge in [-0.05, 0) is 23.6 Å². The Balaban J connectivity index is 2.22. The Morgan fingerprint density at radius 2 is 1.93 bits per heavy atom. The first-order valence-electron chi connectivity index (χ1n) is 5.09. The molecule has 72 valence electrons. The molecule has 0 amide bonds. The van der Waals surface area contributed by atoms with Crippen LogP contribution in [0, 0.1) is 0 Å². The molecular formula is C13H15N. The number of hydrogen-bond donors (Lipinski definition) is 1. The molecule has 0 saturated carbocycles. The summed E-state index contributed by atoms with van der Waals surface area (Å²) < 4.78 is 0. The maximum Gasteiger partial charge on any atom is 0.0403 e. The van der Waals surface area contributed by atoms with Crippen LogP contribution in [0.5, 0.6) is 0 Å². The average Bonchev–Trinajstić information content (AvgIpc) is 2.30. The second-order valence-corrected chi connectivity index (χ2v) is 3.46. The van der Waals surface area contributed by atoms with Crippen molar-refractivity contribution in [3.63, 3.8) is 0 Å². The lowest BCUT2D eigenvalue weighted by atomic mass is 10.0. The van der Waals surface area contributed by atoms with E-state index in [4.69, 9.17) is 0 Å². The highest BCUT2D eigenvalue weighted by Gasteiger charge is 2.04. The van der Waals surface area contributed by atoms with E-state index in [2.05, 4.69) is 48.7 Å². The minimum absolute atomic E-state index is 0.948. The molecule has 1 aliphatic rings. The summed E-state index contributed by atoms with van der Waals surface area (Å²) in [6, 6.07) is 10.5. The summed E-state index contributed by atoms with van der Waals surface area (Å²) in [6.07, 6.45) is 5.47. The van der Waals surface area contributed by atoms with E-state index in [1.807, 2.05) is 6.07 Å². The van der Waals surface area contributed by atoms with Crippen LogP contribution in [0.4, 0.5) is 0 Å². The van der Waals surface area contributed by atoms with Gasteiger partial charge in [-0.25, -0.2) is 0 Å². The molecule has 0 spiro atoms. The third kappa shape index (κ3) is 1.87. The van der Waals surface area contributed by atoms with Crippen molar-refractivity contribution in [2.24, 2.45) is 0 Å². The number of allylic oxidation sites excluding steroid dienone is 3. The summed E-state index contributed by atoms with van der Waals surface area (Å²) in [4.78, 5) is 0. The molecule has 0 unspecified atom stereocenters. The molecule has 1 N–H and O–H groups in total. The molecule has 0 bridgehead atoms. The van der Waals surface area contributed by atoms with Crippen LogP contribution in [-0.4, -0.2) is 6.54 Å². The molecule has 1 aromatic carbocycles. The molecule has 0 aromatic heterocycles. The third-order valence-corrected chi connectivity index (χ3v) is 2.52. The predicted molar refractivity (Wildman–Crippen MR) is 60.8 cm³/mol. The second-order valence-electron chi connectivity index (χ2n) is 3.46. The Kier molecular flexibility index (Phi) is 2.68. The second kappa shape index (κ2) is 4.14. The lowest BCUT2D eigenvalue weighted by Crippen LogP contribution is -2.18. The van der Waals surface area contributed by atoms with Crippen molar-refractivity contribution in [2.75, 3.05) is 6.54 Å². The van der Waals surface area contributed by atoms with Crippen molar-refractivity contribution in [3.05, 3.63) is 53.7 Å². The smallest absolute Gasteiger partial charge is 0.0403 e. The van der Waals surface area contributed by atoms with E-state index in [0.717, 1.165) is 13.0 Å². The third-order valence-electron chi connectivity index (χ3n) is 2.52. The summed E-state index contributed by atoms with van der Waals surface area (Å²) in [5.41, 5.74) is 4.00. The zero-order chi connectivity index (χ0) is 9.80. The van der Waals surface area contributed by atoms with Crippen molar-refractivity contribution in [3.8, 4) is 0 Å². The van der Waals surface area contributed by atoms with Gasteiger partial charge in [-0.15, -0.1) is 0 Å². The molecule has 1 heteroatoms. The SMILES string of the molecule is CCC1=CC=C(c2ccccc2)CN1. The quantitative estimate of drug-likeness (QED) is 0.747. The van der Waals surface area contributed by atoms with E-state index < -0.39 is 0 Å². The van der Waals surface area contributed by atoms with Crippen molar-refractivity contribution in [1.82, 2.24) is 5.32 Å². The van der Waals surface area contributed by atoms with Gasteiger partial charge < -0.3 is 5.32 Å². The van der Waals surface area contributed by atoms with Crippen LogP contribution in [0.1, 0.15) is 18.9 Å². The Labute approximate surface area is 85.2 Å². The Morgan fingerprint density at radius 1 is 1.14 bits per heavy atom. The van der Waals surface area contributed by atoms with E-state index in [1.54, 1.807) is 0 Å². The van der Waals surface area contributed by atoms with Crippen LogP contribution in [0.25, 0.3) is 5.57 Å². The van der Waals surface area contributed by atoms with Crippen LogP contribution in [0.2, 0.25) is 0 Å². The van der Waals surface area contributed by atoms with Crippen LogP contribution in [-0.2, 0) is 0 Å². The van der Waals surface area contributed by atoms with E-state index in [-0.39, 0.29) is 0 Å². The summed E-state index contributed by atoms with van der Waals surface area (Å²) in [7, 11) is 0. The monoisotopic (exact) mass is 185 g/mol. The van der Waals surface area contributed by atoms with Crippen LogP contribution < -0.4 is 5.32 Å². The molecular weight excluding hydrogens is 170 g/mol. The molecule has 0 aliphatic carbocycles. The number of rotatable bonds is 2. The molecule has 14 heavy (non-hydrogen) atoms. The fraction of sp³-hybridized carbons (Fsp3) is 0.231. The molecule has 0 saturated heterocycles. The zero-order valence-electron chi connectivity index (χ0n) is 8.46. The van der Waals surface area contributed by atoms with E-state index in [1.165, 1.54) is 16.8 Å². The van der Waals surface area contributed by atoms with Crippen molar-refractivity contribution < 1.29 is 0 Å². The average molecular weight is 185 g/mol. The van der Waals surface area contributed by atoms with E-state index in [9.17, 15) is 0 Å². The number of benzene rings is 1. The van der Waals surface area contributed by atoms with E-state index in [0.29, 0.717) is 0 Å². The summed E-state index contributed by atoms with van der Waals surface area (Å²) in [5, 5.41) is 3.41. The van der Waals surface area contributed by atoms with Gasteiger partial charge in [-0.2, -0.15) is 0 Å². The Bertz CT molecular complexity index is 360. The normalized spacial score (nSPS) is 15.5. The van der Waals surface area contributed by atoms with Gasteiger partial charge in [0.05, 0.1) is 0 Å². The van der Waals surface area contributed by atoms with Crippen molar-refractivity contribution >= 4 is 5.57 Å². The first-order chi connectivity index (χ1) is 6.90. The molecule has 0 atom stereocenters. The maximum absolute atomic E-state index is 3.41. The summed E-state index contributed by atoms with van der Waals surface area (Å²) >= 11 is 0. The topological polar surface area (TPSA) is 12.0 Å². The summed E-state index contributed by atoms with van der Waals surface area (Å²) in [5.74, 6) is 0. The fourth-order valence-electron chi connectivity index (χ4n) is 1.62. The molecule has 1 aromatic rings. The highest BCUT2D eigenvalue weighted by Crippen LogP contribution is 2.17. The first kappa shape index (κ1) is 9.07.